The molecule has 1 amide bonds. The normalized spacial score (nSPS) is 11.3. The largest absolute Gasteiger partial charge is 0.476 e. The van der Waals surface area contributed by atoms with E-state index in [1.165, 1.54) is 23.0 Å². The highest BCUT2D eigenvalue weighted by Gasteiger charge is 2.32. The second-order valence-electron chi connectivity index (χ2n) is 5.95. The van der Waals surface area contributed by atoms with Gasteiger partial charge in [0.15, 0.2) is 0 Å². The predicted octanol–water partition coefficient (Wildman–Crippen LogP) is 4.14. The van der Waals surface area contributed by atoms with E-state index in [0.29, 0.717) is 11.4 Å². The zero-order valence-corrected chi connectivity index (χ0v) is 15.7. The van der Waals surface area contributed by atoms with Crippen LogP contribution in [-0.4, -0.2) is 33.6 Å². The van der Waals surface area contributed by atoms with Crippen LogP contribution in [0, 0.1) is 0 Å². The van der Waals surface area contributed by atoms with E-state index in [9.17, 15) is 18.0 Å². The van der Waals surface area contributed by atoms with Gasteiger partial charge in [-0.15, -0.1) is 0 Å². The molecule has 6 nitrogen and oxygen atoms in total. The van der Waals surface area contributed by atoms with Gasteiger partial charge in [-0.3, -0.25) is 9.78 Å². The van der Waals surface area contributed by atoms with Crippen molar-refractivity contribution >= 4 is 17.5 Å². The molecular weight excluding hydrogens is 409 g/mol. The fourth-order valence-corrected chi connectivity index (χ4v) is 2.66. The molecule has 1 N–H and O–H groups in total. The molecule has 0 atom stereocenters. The molecule has 10 heteroatoms. The average Bonchev–Trinajstić information content (AvgIpc) is 3.22. The Morgan fingerprint density at radius 3 is 2.69 bits per heavy atom. The van der Waals surface area contributed by atoms with E-state index in [4.69, 9.17) is 16.3 Å². The summed E-state index contributed by atoms with van der Waals surface area (Å²) < 4.78 is 46.0. The standard InChI is InChI=1S/C19H16ClF3N4O2/c20-15-4-6-24-12-14(15)17(28)25-5-3-9-29-18-16(27-7-1-2-8-27)10-13(11-26-18)19(21,22)23/h1-2,4,6-8,10-12H,3,5,9H2,(H,25,28). The number of pyridine rings is 2. The number of alkyl halides is 3. The molecule has 0 spiro atoms. The molecule has 3 heterocycles. The molecule has 3 rings (SSSR count). The summed E-state index contributed by atoms with van der Waals surface area (Å²) in [6, 6.07) is 5.86. The van der Waals surface area contributed by atoms with Gasteiger partial charge < -0.3 is 14.6 Å². The zero-order valence-electron chi connectivity index (χ0n) is 15.0. The van der Waals surface area contributed by atoms with Gasteiger partial charge in [0.25, 0.3) is 5.91 Å². The Balaban J connectivity index is 1.59. The third-order valence-corrected chi connectivity index (χ3v) is 4.23. The SMILES string of the molecule is O=C(NCCCOc1ncc(C(F)(F)F)cc1-n1cccc1)c1cnccc1Cl. The summed E-state index contributed by atoms with van der Waals surface area (Å²) >= 11 is 5.93. The molecule has 0 aliphatic heterocycles. The van der Waals surface area contributed by atoms with Crippen LogP contribution in [0.2, 0.25) is 5.02 Å². The fraction of sp³-hybridized carbons (Fsp3) is 0.211. The Morgan fingerprint density at radius 2 is 2.00 bits per heavy atom. The van der Waals surface area contributed by atoms with Crippen molar-refractivity contribution in [3.8, 4) is 11.6 Å². The van der Waals surface area contributed by atoms with Crippen molar-refractivity contribution in [3.63, 3.8) is 0 Å². The van der Waals surface area contributed by atoms with Crippen molar-refractivity contribution in [1.82, 2.24) is 19.9 Å². The molecule has 0 aliphatic rings. The van der Waals surface area contributed by atoms with Crippen LogP contribution in [0.4, 0.5) is 13.2 Å². The van der Waals surface area contributed by atoms with Gasteiger partial charge >= 0.3 is 6.18 Å². The Kier molecular flexibility index (Phi) is 6.38. The van der Waals surface area contributed by atoms with E-state index >= 15 is 0 Å². The smallest absolute Gasteiger partial charge is 0.417 e. The number of ether oxygens (including phenoxy) is 1. The highest BCUT2D eigenvalue weighted by atomic mass is 35.5. The van der Waals surface area contributed by atoms with Crippen LogP contribution < -0.4 is 10.1 Å². The highest BCUT2D eigenvalue weighted by molar-refractivity contribution is 6.33. The number of rotatable bonds is 7. The van der Waals surface area contributed by atoms with Crippen LogP contribution in [0.25, 0.3) is 5.69 Å². The first-order chi connectivity index (χ1) is 13.9. The lowest BCUT2D eigenvalue weighted by molar-refractivity contribution is -0.137. The Morgan fingerprint density at radius 1 is 1.24 bits per heavy atom. The molecule has 29 heavy (non-hydrogen) atoms. The second-order valence-corrected chi connectivity index (χ2v) is 6.36. The lowest BCUT2D eigenvalue weighted by Crippen LogP contribution is -2.26. The summed E-state index contributed by atoms with van der Waals surface area (Å²) in [5.41, 5.74) is -0.431. The highest BCUT2D eigenvalue weighted by Crippen LogP contribution is 2.32. The molecule has 0 unspecified atom stereocenters. The molecule has 0 radical (unpaired) electrons. The third-order valence-electron chi connectivity index (χ3n) is 3.90. The number of hydrogen-bond donors (Lipinski definition) is 1. The minimum atomic E-state index is -4.51. The number of carbonyl (C=O) groups is 1. The maximum Gasteiger partial charge on any atom is 0.417 e. The van der Waals surface area contributed by atoms with Crippen molar-refractivity contribution in [3.05, 3.63) is 71.4 Å². The average molecular weight is 425 g/mol. The summed E-state index contributed by atoms with van der Waals surface area (Å²) in [4.78, 5) is 19.7. The van der Waals surface area contributed by atoms with Gasteiger partial charge in [0.2, 0.25) is 5.88 Å². The molecule has 0 bridgehead atoms. The number of nitrogens with one attached hydrogen (secondary N) is 1. The number of halogens is 4. The predicted molar refractivity (Wildman–Crippen MR) is 100 cm³/mol. The van der Waals surface area contributed by atoms with E-state index in [1.807, 2.05) is 0 Å². The molecule has 0 fully saturated rings. The van der Waals surface area contributed by atoms with Crippen LogP contribution in [0.15, 0.2) is 55.2 Å². The first-order valence-electron chi connectivity index (χ1n) is 8.57. The quantitative estimate of drug-likeness (QED) is 0.579. The minimum absolute atomic E-state index is 0.0656. The van der Waals surface area contributed by atoms with Gasteiger partial charge in [0.1, 0.15) is 5.69 Å². The van der Waals surface area contributed by atoms with Crippen LogP contribution in [0.5, 0.6) is 5.88 Å². The van der Waals surface area contributed by atoms with Crippen LogP contribution in [0.1, 0.15) is 22.3 Å². The molecule has 3 aromatic heterocycles. The first-order valence-corrected chi connectivity index (χ1v) is 8.95. The molecule has 152 valence electrons. The fourth-order valence-electron chi connectivity index (χ4n) is 2.47. The van der Waals surface area contributed by atoms with Crippen molar-refractivity contribution in [2.45, 2.75) is 12.6 Å². The monoisotopic (exact) mass is 424 g/mol. The molecule has 0 saturated carbocycles. The van der Waals surface area contributed by atoms with Gasteiger partial charge in [-0.05, 0) is 30.7 Å². The van der Waals surface area contributed by atoms with Gasteiger partial charge in [-0.2, -0.15) is 13.2 Å². The summed E-state index contributed by atoms with van der Waals surface area (Å²) in [5.74, 6) is -0.306. The van der Waals surface area contributed by atoms with Crippen LogP contribution >= 0.6 is 11.6 Å². The number of nitrogens with zero attached hydrogens (tertiary/aromatic N) is 3. The topological polar surface area (TPSA) is 69.0 Å². The number of carbonyl (C=O) groups excluding carboxylic acids is 1. The van der Waals surface area contributed by atoms with E-state index in [2.05, 4.69) is 15.3 Å². The molecular formula is C19H16ClF3N4O2. The Labute approximate surface area is 169 Å². The minimum Gasteiger partial charge on any atom is -0.476 e. The van der Waals surface area contributed by atoms with Crippen molar-refractivity contribution in [1.29, 1.82) is 0 Å². The van der Waals surface area contributed by atoms with Gasteiger partial charge in [0.05, 0.1) is 22.8 Å². The van der Waals surface area contributed by atoms with Crippen LogP contribution in [-0.2, 0) is 6.18 Å². The molecule has 0 aliphatic carbocycles. The lowest BCUT2D eigenvalue weighted by Gasteiger charge is -2.14. The van der Waals surface area contributed by atoms with Crippen molar-refractivity contribution in [2.75, 3.05) is 13.2 Å². The molecule has 0 saturated heterocycles. The van der Waals surface area contributed by atoms with Crippen LogP contribution in [0.3, 0.4) is 0 Å². The van der Waals surface area contributed by atoms with E-state index in [0.717, 1.165) is 12.3 Å². The third kappa shape index (κ3) is 5.26. The zero-order chi connectivity index (χ0) is 20.9. The lowest BCUT2D eigenvalue weighted by atomic mass is 10.2. The first kappa shape index (κ1) is 20.7. The summed E-state index contributed by atoms with van der Waals surface area (Å²) in [6.45, 7) is 0.428. The van der Waals surface area contributed by atoms with E-state index < -0.39 is 11.7 Å². The van der Waals surface area contributed by atoms with Gasteiger partial charge in [0, 0.05) is 37.5 Å². The van der Waals surface area contributed by atoms with Gasteiger partial charge in [-0.25, -0.2) is 4.98 Å². The molecule has 0 aromatic carbocycles. The summed E-state index contributed by atoms with van der Waals surface area (Å²) in [6.07, 6.45) is 2.68. The molecule has 3 aromatic rings. The summed E-state index contributed by atoms with van der Waals surface area (Å²) in [7, 11) is 0. The summed E-state index contributed by atoms with van der Waals surface area (Å²) in [5, 5.41) is 2.97. The maximum atomic E-state index is 13.0. The van der Waals surface area contributed by atoms with Crippen molar-refractivity contribution < 1.29 is 22.7 Å². The van der Waals surface area contributed by atoms with E-state index in [-0.39, 0.29) is 36.2 Å². The Bertz CT molecular complexity index is 978. The van der Waals surface area contributed by atoms with Gasteiger partial charge in [-0.1, -0.05) is 11.6 Å². The van der Waals surface area contributed by atoms with Crippen molar-refractivity contribution in [2.24, 2.45) is 0 Å². The maximum absolute atomic E-state index is 13.0. The number of aromatic nitrogens is 3. The Hall–Kier alpha value is -3.07. The second kappa shape index (κ2) is 8.95. The van der Waals surface area contributed by atoms with E-state index in [1.54, 1.807) is 24.5 Å². The number of amides is 1. The number of hydrogen-bond acceptors (Lipinski definition) is 4.